The number of aromatic nitrogens is 3. The van der Waals surface area contributed by atoms with Crippen molar-refractivity contribution < 1.29 is 4.79 Å². The summed E-state index contributed by atoms with van der Waals surface area (Å²) < 4.78 is 1.89. The molecular formula is C11H7N3OS. The van der Waals surface area contributed by atoms with Crippen LogP contribution in [0.2, 0.25) is 0 Å². The van der Waals surface area contributed by atoms with Gasteiger partial charge in [-0.2, -0.15) is 0 Å². The Morgan fingerprint density at radius 1 is 1.38 bits per heavy atom. The summed E-state index contributed by atoms with van der Waals surface area (Å²) in [5, 5.41) is 1.99. The molecule has 0 aliphatic rings. The number of hydrogen-bond acceptors (Lipinski definition) is 4. The second-order valence-electron chi connectivity index (χ2n) is 3.27. The average molecular weight is 229 g/mol. The third-order valence-corrected chi connectivity index (χ3v) is 3.12. The van der Waals surface area contributed by atoms with E-state index >= 15 is 0 Å². The highest BCUT2D eigenvalue weighted by Crippen LogP contribution is 2.24. The molecule has 3 aromatic heterocycles. The highest BCUT2D eigenvalue weighted by molar-refractivity contribution is 7.15. The van der Waals surface area contributed by atoms with Gasteiger partial charge < -0.3 is 0 Å². The molecule has 3 rings (SSSR count). The monoisotopic (exact) mass is 229 g/mol. The molecule has 0 spiro atoms. The van der Waals surface area contributed by atoms with Crippen molar-refractivity contribution in [3.63, 3.8) is 0 Å². The number of rotatable bonds is 2. The van der Waals surface area contributed by atoms with Gasteiger partial charge in [-0.1, -0.05) is 6.07 Å². The Kier molecular flexibility index (Phi) is 2.04. The van der Waals surface area contributed by atoms with Gasteiger partial charge in [0.1, 0.15) is 5.69 Å². The van der Waals surface area contributed by atoms with Crippen LogP contribution in [0, 0.1) is 0 Å². The van der Waals surface area contributed by atoms with E-state index in [1.807, 2.05) is 28.0 Å². The maximum Gasteiger partial charge on any atom is 0.194 e. The van der Waals surface area contributed by atoms with Gasteiger partial charge in [0.2, 0.25) is 0 Å². The quantitative estimate of drug-likeness (QED) is 0.633. The van der Waals surface area contributed by atoms with Crippen LogP contribution in [-0.4, -0.2) is 20.7 Å². The van der Waals surface area contributed by atoms with Gasteiger partial charge in [0.15, 0.2) is 11.2 Å². The molecule has 0 saturated heterocycles. The minimum atomic E-state index is 0.448. The molecular weight excluding hydrogens is 222 g/mol. The lowest BCUT2D eigenvalue weighted by Gasteiger charge is -1.96. The summed E-state index contributed by atoms with van der Waals surface area (Å²) in [5.74, 6) is 0. The van der Waals surface area contributed by atoms with Gasteiger partial charge in [0.05, 0.1) is 11.4 Å². The summed E-state index contributed by atoms with van der Waals surface area (Å²) in [7, 11) is 0. The Balaban J connectivity index is 2.24. The number of hydrogen-bond donors (Lipinski definition) is 0. The van der Waals surface area contributed by atoms with Crippen molar-refractivity contribution in [3.05, 3.63) is 41.7 Å². The van der Waals surface area contributed by atoms with E-state index in [0.717, 1.165) is 22.6 Å². The molecule has 5 heteroatoms. The molecule has 78 valence electrons. The van der Waals surface area contributed by atoms with Gasteiger partial charge in [-0.05, 0) is 12.1 Å². The van der Waals surface area contributed by atoms with Crippen LogP contribution in [0.1, 0.15) is 10.5 Å². The minimum Gasteiger partial charge on any atom is -0.296 e. The van der Waals surface area contributed by atoms with Crippen LogP contribution in [0.25, 0.3) is 16.3 Å². The van der Waals surface area contributed by atoms with Crippen molar-refractivity contribution >= 4 is 22.6 Å². The number of nitrogens with zero attached hydrogens (tertiary/aromatic N) is 3. The van der Waals surface area contributed by atoms with Crippen molar-refractivity contribution in [2.24, 2.45) is 0 Å². The first kappa shape index (κ1) is 9.23. The van der Waals surface area contributed by atoms with Crippen molar-refractivity contribution in [3.8, 4) is 11.4 Å². The zero-order valence-electron chi connectivity index (χ0n) is 8.20. The molecule has 0 aliphatic heterocycles. The molecule has 0 fully saturated rings. The van der Waals surface area contributed by atoms with Crippen molar-refractivity contribution in [2.75, 3.05) is 0 Å². The lowest BCUT2D eigenvalue weighted by molar-refractivity contribution is 0.111. The Bertz CT molecular complexity index is 642. The summed E-state index contributed by atoms with van der Waals surface area (Å²) in [4.78, 5) is 19.9. The van der Waals surface area contributed by atoms with Gasteiger partial charge in [-0.3, -0.25) is 14.2 Å². The maximum absolute atomic E-state index is 10.6. The first-order chi connectivity index (χ1) is 7.88. The summed E-state index contributed by atoms with van der Waals surface area (Å²) in [6.07, 6.45) is 4.22. The van der Waals surface area contributed by atoms with Gasteiger partial charge >= 0.3 is 0 Å². The number of fused-ring (bicyclic) bond motifs is 1. The van der Waals surface area contributed by atoms with E-state index in [1.54, 1.807) is 12.4 Å². The second kappa shape index (κ2) is 3.53. The van der Waals surface area contributed by atoms with Crippen LogP contribution >= 0.6 is 11.3 Å². The Hall–Kier alpha value is -2.01. The fourth-order valence-electron chi connectivity index (χ4n) is 1.56. The number of thiazole rings is 1. The lowest BCUT2D eigenvalue weighted by Crippen LogP contribution is -1.86. The van der Waals surface area contributed by atoms with Crippen LogP contribution < -0.4 is 0 Å². The van der Waals surface area contributed by atoms with Crippen LogP contribution in [-0.2, 0) is 0 Å². The SMILES string of the molecule is O=Cc1cn2c(-c3ccccn3)csc2n1. The van der Waals surface area contributed by atoms with E-state index in [1.165, 1.54) is 11.3 Å². The van der Waals surface area contributed by atoms with E-state index in [0.29, 0.717) is 5.69 Å². The predicted molar refractivity (Wildman–Crippen MR) is 61.7 cm³/mol. The Morgan fingerprint density at radius 3 is 3.06 bits per heavy atom. The standard InChI is InChI=1S/C11H7N3OS/c15-6-8-5-14-10(7-16-11(14)13-8)9-3-1-2-4-12-9/h1-7H. The minimum absolute atomic E-state index is 0.448. The van der Waals surface area contributed by atoms with E-state index in [2.05, 4.69) is 9.97 Å². The molecule has 0 saturated carbocycles. The highest BCUT2D eigenvalue weighted by atomic mass is 32.1. The molecule has 0 amide bonds. The van der Waals surface area contributed by atoms with Crippen LogP contribution in [0.4, 0.5) is 0 Å². The molecule has 3 heterocycles. The van der Waals surface area contributed by atoms with Crippen LogP contribution in [0.3, 0.4) is 0 Å². The normalized spacial score (nSPS) is 10.8. The molecule has 0 aliphatic carbocycles. The molecule has 0 bridgehead atoms. The molecule has 16 heavy (non-hydrogen) atoms. The smallest absolute Gasteiger partial charge is 0.194 e. The van der Waals surface area contributed by atoms with Crippen molar-refractivity contribution in [1.29, 1.82) is 0 Å². The van der Waals surface area contributed by atoms with E-state index in [-0.39, 0.29) is 0 Å². The van der Waals surface area contributed by atoms with E-state index in [4.69, 9.17) is 0 Å². The number of carbonyl (C=O) groups excluding carboxylic acids is 1. The largest absolute Gasteiger partial charge is 0.296 e. The Morgan fingerprint density at radius 2 is 2.31 bits per heavy atom. The molecule has 4 nitrogen and oxygen atoms in total. The maximum atomic E-state index is 10.6. The van der Waals surface area contributed by atoms with Crippen molar-refractivity contribution in [1.82, 2.24) is 14.4 Å². The van der Waals surface area contributed by atoms with Gasteiger partial charge in [0, 0.05) is 17.8 Å². The third kappa shape index (κ3) is 1.33. The predicted octanol–water partition coefficient (Wildman–Crippen LogP) is 2.27. The van der Waals surface area contributed by atoms with Gasteiger partial charge in [-0.15, -0.1) is 11.3 Å². The van der Waals surface area contributed by atoms with Crippen molar-refractivity contribution in [2.45, 2.75) is 0 Å². The summed E-state index contributed by atoms with van der Waals surface area (Å²) in [6.45, 7) is 0. The van der Waals surface area contributed by atoms with Crippen LogP contribution in [0.5, 0.6) is 0 Å². The fraction of sp³-hybridized carbons (Fsp3) is 0. The first-order valence-electron chi connectivity index (χ1n) is 4.71. The number of pyridine rings is 1. The van der Waals surface area contributed by atoms with E-state index in [9.17, 15) is 4.79 Å². The number of aldehydes is 1. The molecule has 3 aromatic rings. The summed E-state index contributed by atoms with van der Waals surface area (Å²) >= 11 is 1.50. The Labute approximate surface area is 95.2 Å². The average Bonchev–Trinajstić information content (AvgIpc) is 2.88. The highest BCUT2D eigenvalue weighted by Gasteiger charge is 2.09. The summed E-state index contributed by atoms with van der Waals surface area (Å²) in [6, 6.07) is 5.74. The molecule has 0 N–H and O–H groups in total. The van der Waals surface area contributed by atoms with E-state index < -0.39 is 0 Å². The third-order valence-electron chi connectivity index (χ3n) is 2.28. The second-order valence-corrected chi connectivity index (χ2v) is 4.11. The van der Waals surface area contributed by atoms with Gasteiger partial charge in [0.25, 0.3) is 0 Å². The topological polar surface area (TPSA) is 47.3 Å². The molecule has 0 unspecified atom stereocenters. The zero-order chi connectivity index (χ0) is 11.0. The zero-order valence-corrected chi connectivity index (χ0v) is 9.02. The first-order valence-corrected chi connectivity index (χ1v) is 5.59. The number of carbonyl (C=O) groups is 1. The molecule has 0 radical (unpaired) electrons. The molecule has 0 atom stereocenters. The fourth-order valence-corrected chi connectivity index (χ4v) is 2.43. The van der Waals surface area contributed by atoms with Crippen LogP contribution in [0.15, 0.2) is 36.0 Å². The lowest BCUT2D eigenvalue weighted by atomic mass is 10.3. The molecule has 0 aromatic carbocycles. The number of imidazole rings is 1. The van der Waals surface area contributed by atoms with Gasteiger partial charge in [-0.25, -0.2) is 4.98 Å². The summed E-state index contributed by atoms with van der Waals surface area (Å²) in [5.41, 5.74) is 2.29.